The van der Waals surface area contributed by atoms with E-state index in [4.69, 9.17) is 14.2 Å². The second kappa shape index (κ2) is 9.64. The molecule has 0 fully saturated rings. The van der Waals surface area contributed by atoms with Gasteiger partial charge in [-0.25, -0.2) is 0 Å². The Balaban J connectivity index is 2.87. The van der Waals surface area contributed by atoms with Gasteiger partial charge >= 0.3 is 0 Å². The van der Waals surface area contributed by atoms with Crippen LogP contribution in [0.1, 0.15) is 38.2 Å². The van der Waals surface area contributed by atoms with Crippen LogP contribution in [-0.4, -0.2) is 39.1 Å². The van der Waals surface area contributed by atoms with E-state index in [9.17, 15) is 5.11 Å². The van der Waals surface area contributed by atoms with Gasteiger partial charge in [0.15, 0.2) is 11.5 Å². The number of ether oxygens (including phenoxy) is 3. The van der Waals surface area contributed by atoms with Crippen LogP contribution >= 0.6 is 0 Å². The van der Waals surface area contributed by atoms with Crippen LogP contribution in [0.5, 0.6) is 11.5 Å². The predicted molar refractivity (Wildman–Crippen MR) is 84.3 cm³/mol. The minimum absolute atomic E-state index is 0.189. The van der Waals surface area contributed by atoms with Crippen molar-refractivity contribution in [3.05, 3.63) is 23.8 Å². The lowest BCUT2D eigenvalue weighted by Crippen LogP contribution is -2.13. The fraction of sp³-hybridized carbons (Fsp3) is 0.647. The smallest absolute Gasteiger partial charge is 0.161 e. The molecule has 21 heavy (non-hydrogen) atoms. The molecule has 0 bridgehead atoms. The highest BCUT2D eigenvalue weighted by atomic mass is 16.5. The standard InChI is InChI=1S/C17H28O4/c1-5-15(13(2)12-18)14-7-8-16(20-4)17(11-14)21-10-6-9-19-3/h7-8,11,13,15,18H,5-6,9-10,12H2,1-4H3/t13-,15-/m0/s1. The molecule has 4 nitrogen and oxygen atoms in total. The van der Waals surface area contributed by atoms with E-state index in [0.29, 0.717) is 19.1 Å². The average molecular weight is 296 g/mol. The van der Waals surface area contributed by atoms with Gasteiger partial charge in [0.25, 0.3) is 0 Å². The van der Waals surface area contributed by atoms with Crippen LogP contribution in [0.25, 0.3) is 0 Å². The van der Waals surface area contributed by atoms with Gasteiger partial charge in [-0.2, -0.15) is 0 Å². The van der Waals surface area contributed by atoms with Crippen LogP contribution in [0.4, 0.5) is 0 Å². The molecule has 0 saturated heterocycles. The first-order valence-corrected chi connectivity index (χ1v) is 7.58. The van der Waals surface area contributed by atoms with Gasteiger partial charge in [-0.1, -0.05) is 19.9 Å². The minimum atomic E-state index is 0.189. The molecule has 120 valence electrons. The molecule has 4 heteroatoms. The van der Waals surface area contributed by atoms with E-state index in [1.54, 1.807) is 14.2 Å². The van der Waals surface area contributed by atoms with Gasteiger partial charge in [0, 0.05) is 26.7 Å². The SMILES string of the molecule is CC[C@H](c1ccc(OC)c(OCCCOC)c1)[C@@H](C)CO. The summed E-state index contributed by atoms with van der Waals surface area (Å²) in [6, 6.07) is 6.03. The molecule has 0 unspecified atom stereocenters. The van der Waals surface area contributed by atoms with Crippen LogP contribution in [-0.2, 0) is 4.74 Å². The fourth-order valence-electron chi connectivity index (χ4n) is 2.52. The third-order valence-corrected chi connectivity index (χ3v) is 3.78. The lowest BCUT2D eigenvalue weighted by Gasteiger charge is -2.22. The van der Waals surface area contributed by atoms with Gasteiger partial charge in [0.1, 0.15) is 0 Å². The zero-order chi connectivity index (χ0) is 15.7. The van der Waals surface area contributed by atoms with Crippen molar-refractivity contribution >= 4 is 0 Å². The van der Waals surface area contributed by atoms with Crippen LogP contribution in [0, 0.1) is 5.92 Å². The number of rotatable bonds is 10. The predicted octanol–water partition coefficient (Wildman–Crippen LogP) is 3.23. The average Bonchev–Trinajstić information content (AvgIpc) is 2.52. The van der Waals surface area contributed by atoms with Gasteiger partial charge in [-0.3, -0.25) is 0 Å². The molecule has 0 radical (unpaired) electrons. The molecule has 1 aromatic rings. The Morgan fingerprint density at radius 1 is 1.14 bits per heavy atom. The molecule has 1 rings (SSSR count). The van der Waals surface area contributed by atoms with Crippen molar-refractivity contribution in [2.75, 3.05) is 34.0 Å². The van der Waals surface area contributed by atoms with Crippen molar-refractivity contribution in [1.82, 2.24) is 0 Å². The molecular weight excluding hydrogens is 268 g/mol. The largest absolute Gasteiger partial charge is 0.493 e. The molecule has 0 aliphatic carbocycles. The number of aliphatic hydroxyl groups is 1. The number of hydrogen-bond donors (Lipinski definition) is 1. The highest BCUT2D eigenvalue weighted by Crippen LogP contribution is 2.35. The molecule has 0 aromatic heterocycles. The third-order valence-electron chi connectivity index (χ3n) is 3.78. The van der Waals surface area contributed by atoms with Gasteiger partial charge in [-0.05, 0) is 36.0 Å². The van der Waals surface area contributed by atoms with Gasteiger partial charge in [0.2, 0.25) is 0 Å². The van der Waals surface area contributed by atoms with Crippen molar-refractivity contribution in [2.45, 2.75) is 32.6 Å². The first-order chi connectivity index (χ1) is 10.2. The van der Waals surface area contributed by atoms with Crippen molar-refractivity contribution in [1.29, 1.82) is 0 Å². The maximum Gasteiger partial charge on any atom is 0.161 e. The first kappa shape index (κ1) is 17.8. The van der Waals surface area contributed by atoms with Crippen molar-refractivity contribution < 1.29 is 19.3 Å². The molecule has 2 atom stereocenters. The molecule has 0 saturated carbocycles. The summed E-state index contributed by atoms with van der Waals surface area (Å²) < 4.78 is 16.2. The maximum atomic E-state index is 9.40. The van der Waals surface area contributed by atoms with E-state index < -0.39 is 0 Å². The summed E-state index contributed by atoms with van der Waals surface area (Å²) >= 11 is 0. The summed E-state index contributed by atoms with van der Waals surface area (Å²) in [5.74, 6) is 2.05. The zero-order valence-corrected chi connectivity index (χ0v) is 13.6. The molecule has 1 aromatic carbocycles. The Kier molecular flexibility index (Phi) is 8.16. The Bertz CT molecular complexity index is 406. The second-order valence-corrected chi connectivity index (χ2v) is 5.28. The van der Waals surface area contributed by atoms with Crippen LogP contribution in [0.3, 0.4) is 0 Å². The van der Waals surface area contributed by atoms with E-state index in [-0.39, 0.29) is 12.5 Å². The third kappa shape index (κ3) is 5.21. The normalized spacial score (nSPS) is 13.8. The van der Waals surface area contributed by atoms with Gasteiger partial charge in [0.05, 0.1) is 13.7 Å². The van der Waals surface area contributed by atoms with E-state index in [1.807, 2.05) is 12.1 Å². The van der Waals surface area contributed by atoms with E-state index in [1.165, 1.54) is 5.56 Å². The molecular formula is C17H28O4. The summed E-state index contributed by atoms with van der Waals surface area (Å²) in [6.45, 7) is 5.67. The summed E-state index contributed by atoms with van der Waals surface area (Å²) in [6.07, 6.45) is 1.82. The van der Waals surface area contributed by atoms with Crippen LogP contribution in [0.15, 0.2) is 18.2 Å². The quantitative estimate of drug-likeness (QED) is 0.673. The molecule has 0 aliphatic rings. The molecule has 0 amide bonds. The number of methoxy groups -OCH3 is 2. The van der Waals surface area contributed by atoms with Crippen LogP contribution < -0.4 is 9.47 Å². The van der Waals surface area contributed by atoms with E-state index >= 15 is 0 Å². The summed E-state index contributed by atoms with van der Waals surface area (Å²) in [4.78, 5) is 0. The van der Waals surface area contributed by atoms with Gasteiger partial charge in [-0.15, -0.1) is 0 Å². The molecule has 0 aliphatic heterocycles. The summed E-state index contributed by atoms with van der Waals surface area (Å²) in [5, 5.41) is 9.40. The molecule has 0 spiro atoms. The Hall–Kier alpha value is -1.26. The minimum Gasteiger partial charge on any atom is -0.493 e. The topological polar surface area (TPSA) is 47.9 Å². The van der Waals surface area contributed by atoms with Crippen LogP contribution in [0.2, 0.25) is 0 Å². The number of hydrogen-bond acceptors (Lipinski definition) is 4. The lowest BCUT2D eigenvalue weighted by atomic mass is 9.85. The maximum absolute atomic E-state index is 9.40. The number of aliphatic hydroxyl groups excluding tert-OH is 1. The highest BCUT2D eigenvalue weighted by Gasteiger charge is 2.18. The Labute approximate surface area is 128 Å². The monoisotopic (exact) mass is 296 g/mol. The van der Waals surface area contributed by atoms with Crippen molar-refractivity contribution in [3.63, 3.8) is 0 Å². The Morgan fingerprint density at radius 2 is 1.90 bits per heavy atom. The first-order valence-electron chi connectivity index (χ1n) is 7.58. The van der Waals surface area contributed by atoms with Crippen molar-refractivity contribution in [2.24, 2.45) is 5.92 Å². The highest BCUT2D eigenvalue weighted by molar-refractivity contribution is 5.44. The molecule has 1 N–H and O–H groups in total. The Morgan fingerprint density at radius 3 is 2.48 bits per heavy atom. The fourth-order valence-corrected chi connectivity index (χ4v) is 2.52. The van der Waals surface area contributed by atoms with Gasteiger partial charge < -0.3 is 19.3 Å². The number of benzene rings is 1. The lowest BCUT2D eigenvalue weighted by molar-refractivity contribution is 0.170. The van der Waals surface area contributed by atoms with E-state index in [0.717, 1.165) is 24.3 Å². The van der Waals surface area contributed by atoms with E-state index in [2.05, 4.69) is 19.9 Å². The zero-order valence-electron chi connectivity index (χ0n) is 13.6. The summed E-state index contributed by atoms with van der Waals surface area (Å²) in [7, 11) is 3.33. The second-order valence-electron chi connectivity index (χ2n) is 5.28. The van der Waals surface area contributed by atoms with Crippen molar-refractivity contribution in [3.8, 4) is 11.5 Å². The summed E-state index contributed by atoms with van der Waals surface area (Å²) in [5.41, 5.74) is 1.18. The molecule has 0 heterocycles.